The molecule has 144 valence electrons. The van der Waals surface area contributed by atoms with Crippen LogP contribution in [0, 0.1) is 6.92 Å². The molecule has 1 aromatic carbocycles. The molecule has 0 aliphatic carbocycles. The highest BCUT2D eigenvalue weighted by Crippen LogP contribution is 2.36. The van der Waals surface area contributed by atoms with Crippen LogP contribution in [0.1, 0.15) is 60.0 Å². The zero-order valence-corrected chi connectivity index (χ0v) is 16.9. The fourth-order valence-corrected chi connectivity index (χ4v) is 4.15. The third kappa shape index (κ3) is 4.66. The monoisotopic (exact) mass is 387 g/mol. The fraction of sp³-hybridized carbons (Fsp3) is 0.450. The van der Waals surface area contributed by atoms with Crippen LogP contribution < -0.4 is 5.32 Å². The van der Waals surface area contributed by atoms with Crippen LogP contribution in [0.15, 0.2) is 30.3 Å². The highest BCUT2D eigenvalue weighted by Gasteiger charge is 2.35. The molecule has 1 aliphatic rings. The van der Waals surface area contributed by atoms with Crippen LogP contribution in [0.3, 0.4) is 0 Å². The normalized spacial score (nSPS) is 17.0. The second kappa shape index (κ2) is 7.68. The maximum absolute atomic E-state index is 12.6. The van der Waals surface area contributed by atoms with Gasteiger partial charge in [0.2, 0.25) is 0 Å². The number of thiazole rings is 1. The minimum Gasteiger partial charge on any atom is -0.444 e. The van der Waals surface area contributed by atoms with Crippen molar-refractivity contribution >= 4 is 29.0 Å². The number of amides is 2. The van der Waals surface area contributed by atoms with Crippen molar-refractivity contribution in [3.05, 3.63) is 45.9 Å². The topological polar surface area (TPSA) is 71.5 Å². The molecule has 7 heteroatoms. The van der Waals surface area contributed by atoms with Gasteiger partial charge in [0.05, 0.1) is 11.7 Å². The molecule has 1 atom stereocenters. The molecule has 0 spiro atoms. The molecule has 27 heavy (non-hydrogen) atoms. The third-order valence-corrected chi connectivity index (χ3v) is 5.47. The molecule has 0 saturated carbocycles. The van der Waals surface area contributed by atoms with Gasteiger partial charge in [-0.15, -0.1) is 11.3 Å². The Hall–Kier alpha value is -2.41. The van der Waals surface area contributed by atoms with Crippen molar-refractivity contribution in [2.45, 2.75) is 52.2 Å². The van der Waals surface area contributed by atoms with E-state index in [2.05, 4.69) is 10.3 Å². The van der Waals surface area contributed by atoms with Gasteiger partial charge in [-0.05, 0) is 52.7 Å². The Morgan fingerprint density at radius 1 is 1.26 bits per heavy atom. The number of aryl methyl sites for hydroxylation is 1. The van der Waals surface area contributed by atoms with E-state index in [0.717, 1.165) is 23.5 Å². The summed E-state index contributed by atoms with van der Waals surface area (Å²) in [5.74, 6) is -0.177. The standard InChI is InChI=1S/C20H25N3O3S/c1-13-16(17(24)22-14-9-6-5-7-10-14)27-18(21-13)15-11-8-12-23(15)19(25)26-20(2,3)4/h5-7,9-10,15H,8,11-12H2,1-4H3,(H,22,24)/t15-/m1/s1. The quantitative estimate of drug-likeness (QED) is 0.823. The van der Waals surface area contributed by atoms with Gasteiger partial charge in [-0.3, -0.25) is 9.69 Å². The van der Waals surface area contributed by atoms with Crippen molar-refractivity contribution in [1.82, 2.24) is 9.88 Å². The van der Waals surface area contributed by atoms with Crippen LogP contribution in [0.25, 0.3) is 0 Å². The highest BCUT2D eigenvalue weighted by molar-refractivity contribution is 7.14. The van der Waals surface area contributed by atoms with Crippen LogP contribution >= 0.6 is 11.3 Å². The van der Waals surface area contributed by atoms with Crippen LogP contribution in [-0.4, -0.2) is 34.0 Å². The third-order valence-electron chi connectivity index (χ3n) is 4.22. The average Bonchev–Trinajstić information content (AvgIpc) is 3.20. The van der Waals surface area contributed by atoms with E-state index < -0.39 is 5.60 Å². The van der Waals surface area contributed by atoms with Gasteiger partial charge in [-0.2, -0.15) is 0 Å². The van der Waals surface area contributed by atoms with Gasteiger partial charge in [-0.1, -0.05) is 18.2 Å². The van der Waals surface area contributed by atoms with Crippen molar-refractivity contribution in [3.8, 4) is 0 Å². The summed E-state index contributed by atoms with van der Waals surface area (Å²) in [4.78, 5) is 32.0. The van der Waals surface area contributed by atoms with E-state index in [-0.39, 0.29) is 18.0 Å². The molecule has 2 heterocycles. The second-order valence-corrected chi connectivity index (χ2v) is 8.65. The largest absolute Gasteiger partial charge is 0.444 e. The lowest BCUT2D eigenvalue weighted by atomic mass is 10.2. The van der Waals surface area contributed by atoms with Crippen LogP contribution in [0.5, 0.6) is 0 Å². The Morgan fingerprint density at radius 3 is 2.63 bits per heavy atom. The zero-order chi connectivity index (χ0) is 19.6. The van der Waals surface area contributed by atoms with E-state index in [1.807, 2.05) is 58.0 Å². The zero-order valence-electron chi connectivity index (χ0n) is 16.1. The number of aromatic nitrogens is 1. The lowest BCUT2D eigenvalue weighted by Gasteiger charge is -2.27. The summed E-state index contributed by atoms with van der Waals surface area (Å²) in [6.07, 6.45) is 1.40. The smallest absolute Gasteiger partial charge is 0.410 e. The Bertz CT molecular complexity index is 827. The van der Waals surface area contributed by atoms with E-state index in [0.29, 0.717) is 17.1 Å². The summed E-state index contributed by atoms with van der Waals surface area (Å²) < 4.78 is 5.52. The Balaban J connectivity index is 1.77. The molecule has 0 bridgehead atoms. The van der Waals surface area contributed by atoms with Gasteiger partial charge in [0.1, 0.15) is 15.5 Å². The second-order valence-electron chi connectivity index (χ2n) is 7.62. The lowest BCUT2D eigenvalue weighted by Crippen LogP contribution is -2.36. The lowest BCUT2D eigenvalue weighted by molar-refractivity contribution is 0.0224. The summed E-state index contributed by atoms with van der Waals surface area (Å²) in [7, 11) is 0. The van der Waals surface area contributed by atoms with Crippen LogP contribution in [0.2, 0.25) is 0 Å². The molecule has 1 fully saturated rings. The highest BCUT2D eigenvalue weighted by atomic mass is 32.1. The number of carbonyl (C=O) groups is 2. The minimum atomic E-state index is -0.538. The molecule has 2 aromatic rings. The molecule has 3 rings (SSSR count). The molecule has 1 N–H and O–H groups in total. The van der Waals surface area contributed by atoms with Gasteiger partial charge in [-0.25, -0.2) is 9.78 Å². The average molecular weight is 388 g/mol. The first-order chi connectivity index (χ1) is 12.7. The number of ether oxygens (including phenoxy) is 1. The van der Waals surface area contributed by atoms with Crippen LogP contribution in [0.4, 0.5) is 10.5 Å². The van der Waals surface area contributed by atoms with E-state index in [1.54, 1.807) is 4.90 Å². The maximum atomic E-state index is 12.6. The number of para-hydroxylation sites is 1. The molecule has 1 aromatic heterocycles. The summed E-state index contributed by atoms with van der Waals surface area (Å²) in [6, 6.07) is 9.20. The Kier molecular flexibility index (Phi) is 5.51. The number of carbonyl (C=O) groups excluding carboxylic acids is 2. The van der Waals surface area contributed by atoms with Crippen LogP contribution in [-0.2, 0) is 4.74 Å². The first-order valence-corrected chi connectivity index (χ1v) is 9.89. The molecular weight excluding hydrogens is 362 g/mol. The van der Waals surface area contributed by atoms with E-state index in [1.165, 1.54) is 11.3 Å². The molecule has 1 aliphatic heterocycles. The number of anilines is 1. The van der Waals surface area contributed by atoms with E-state index in [9.17, 15) is 9.59 Å². The number of nitrogens with one attached hydrogen (secondary N) is 1. The summed E-state index contributed by atoms with van der Waals surface area (Å²) in [5, 5.41) is 3.68. The fourth-order valence-electron chi connectivity index (χ4n) is 3.04. The van der Waals surface area contributed by atoms with E-state index >= 15 is 0 Å². The van der Waals surface area contributed by atoms with Gasteiger partial charge in [0.15, 0.2) is 0 Å². The van der Waals surface area contributed by atoms with Gasteiger partial charge in [0.25, 0.3) is 5.91 Å². The van der Waals surface area contributed by atoms with Crippen molar-refractivity contribution in [2.24, 2.45) is 0 Å². The number of hydrogen-bond donors (Lipinski definition) is 1. The molecule has 2 amide bonds. The predicted molar refractivity (Wildman–Crippen MR) is 106 cm³/mol. The summed E-state index contributed by atoms with van der Waals surface area (Å²) in [5.41, 5.74) is 0.886. The van der Waals surface area contributed by atoms with Gasteiger partial charge in [0, 0.05) is 12.2 Å². The minimum absolute atomic E-state index is 0.137. The first kappa shape index (κ1) is 19.4. The van der Waals surface area contributed by atoms with Gasteiger partial charge < -0.3 is 10.1 Å². The SMILES string of the molecule is Cc1nc([C@H]2CCCN2C(=O)OC(C)(C)C)sc1C(=O)Nc1ccccc1. The number of nitrogens with zero attached hydrogens (tertiary/aromatic N) is 2. The van der Waals surface area contributed by atoms with Crippen molar-refractivity contribution in [1.29, 1.82) is 0 Å². The molecular formula is C20H25N3O3S. The Labute approximate surface area is 163 Å². The molecule has 0 unspecified atom stereocenters. The maximum Gasteiger partial charge on any atom is 0.410 e. The first-order valence-electron chi connectivity index (χ1n) is 9.08. The Morgan fingerprint density at radius 2 is 1.96 bits per heavy atom. The van der Waals surface area contributed by atoms with Crippen molar-refractivity contribution < 1.29 is 14.3 Å². The number of hydrogen-bond acceptors (Lipinski definition) is 5. The van der Waals surface area contributed by atoms with Crippen molar-refractivity contribution in [3.63, 3.8) is 0 Å². The number of likely N-dealkylation sites (tertiary alicyclic amines) is 1. The predicted octanol–water partition coefficient (Wildman–Crippen LogP) is 4.78. The van der Waals surface area contributed by atoms with E-state index in [4.69, 9.17) is 4.74 Å². The van der Waals surface area contributed by atoms with Gasteiger partial charge >= 0.3 is 6.09 Å². The summed E-state index contributed by atoms with van der Waals surface area (Å²) >= 11 is 1.35. The van der Waals surface area contributed by atoms with Crippen molar-refractivity contribution in [2.75, 3.05) is 11.9 Å². The number of benzene rings is 1. The number of rotatable bonds is 3. The molecule has 0 radical (unpaired) electrons. The molecule has 6 nitrogen and oxygen atoms in total. The summed E-state index contributed by atoms with van der Waals surface area (Å²) in [6.45, 7) is 8.04. The molecule has 1 saturated heterocycles.